The van der Waals surface area contributed by atoms with E-state index in [0.717, 1.165) is 6.42 Å². The van der Waals surface area contributed by atoms with Gasteiger partial charge in [0.05, 0.1) is 21.7 Å². The van der Waals surface area contributed by atoms with Crippen molar-refractivity contribution >= 4 is 45.1 Å². The summed E-state index contributed by atoms with van der Waals surface area (Å²) < 4.78 is 11.5. The van der Waals surface area contributed by atoms with Crippen molar-refractivity contribution in [2.24, 2.45) is 0 Å². The predicted octanol–water partition coefficient (Wildman–Crippen LogP) is 5.76. The van der Waals surface area contributed by atoms with Crippen LogP contribution in [-0.4, -0.2) is 12.6 Å². The van der Waals surface area contributed by atoms with E-state index >= 15 is 0 Å². The van der Waals surface area contributed by atoms with Gasteiger partial charge in [-0.2, -0.15) is 0 Å². The van der Waals surface area contributed by atoms with Crippen molar-refractivity contribution < 1.29 is 14.3 Å². The number of hydrogen-bond acceptors (Lipinski definition) is 3. The summed E-state index contributed by atoms with van der Waals surface area (Å²) in [6, 6.07) is 9.69. The Kier molecular flexibility index (Phi) is 6.12. The van der Waals surface area contributed by atoms with Gasteiger partial charge in [-0.15, -0.1) is 0 Å². The highest BCUT2D eigenvalue weighted by atomic mass is 79.9. The van der Waals surface area contributed by atoms with Crippen LogP contribution in [0.25, 0.3) is 0 Å². The van der Waals surface area contributed by atoms with Gasteiger partial charge < -0.3 is 9.47 Å². The summed E-state index contributed by atoms with van der Waals surface area (Å²) >= 11 is 15.2. The Labute approximate surface area is 147 Å². The van der Waals surface area contributed by atoms with E-state index in [1.807, 2.05) is 6.92 Å². The molecular weight excluding hydrogens is 391 g/mol. The number of esters is 1. The Hall–Kier alpha value is -1.23. The van der Waals surface area contributed by atoms with E-state index in [9.17, 15) is 4.79 Å². The van der Waals surface area contributed by atoms with Crippen molar-refractivity contribution in [2.45, 2.75) is 13.3 Å². The molecule has 116 valence electrons. The molecule has 0 saturated carbocycles. The third-order valence-corrected chi connectivity index (χ3v) is 3.88. The summed E-state index contributed by atoms with van der Waals surface area (Å²) in [5.74, 6) is 0.438. The van der Waals surface area contributed by atoms with Crippen molar-refractivity contribution in [2.75, 3.05) is 6.61 Å². The molecule has 0 aliphatic carbocycles. The third-order valence-electron chi connectivity index (χ3n) is 2.73. The zero-order valence-electron chi connectivity index (χ0n) is 11.7. The van der Waals surface area contributed by atoms with Crippen LogP contribution in [0.2, 0.25) is 10.0 Å². The molecule has 0 atom stereocenters. The first-order chi connectivity index (χ1) is 10.5. The number of benzene rings is 2. The van der Waals surface area contributed by atoms with E-state index in [4.69, 9.17) is 32.7 Å². The second-order valence-electron chi connectivity index (χ2n) is 4.46. The number of carbonyl (C=O) groups excluding carboxylic acids is 1. The van der Waals surface area contributed by atoms with Crippen LogP contribution in [0.5, 0.6) is 11.5 Å². The van der Waals surface area contributed by atoms with Crippen molar-refractivity contribution in [3.63, 3.8) is 0 Å². The normalized spacial score (nSPS) is 10.4. The van der Waals surface area contributed by atoms with E-state index in [2.05, 4.69) is 15.9 Å². The van der Waals surface area contributed by atoms with Gasteiger partial charge >= 0.3 is 5.97 Å². The van der Waals surface area contributed by atoms with Crippen LogP contribution in [-0.2, 0) is 0 Å². The average molecular weight is 404 g/mol. The van der Waals surface area contributed by atoms with E-state index in [-0.39, 0.29) is 10.8 Å². The van der Waals surface area contributed by atoms with Gasteiger partial charge in [0, 0.05) is 5.02 Å². The number of carbonyl (C=O) groups is 1. The van der Waals surface area contributed by atoms with Crippen LogP contribution < -0.4 is 9.47 Å². The number of hydrogen-bond donors (Lipinski definition) is 0. The molecule has 2 aromatic carbocycles. The molecule has 0 N–H and O–H groups in total. The fraction of sp³-hybridized carbons (Fsp3) is 0.188. The molecule has 0 fully saturated rings. The quantitative estimate of drug-likeness (QED) is 0.470. The number of rotatable bonds is 5. The highest BCUT2D eigenvalue weighted by Crippen LogP contribution is 2.30. The topological polar surface area (TPSA) is 35.5 Å². The van der Waals surface area contributed by atoms with E-state index < -0.39 is 5.97 Å². The molecule has 0 radical (unpaired) electrons. The average Bonchev–Trinajstić information content (AvgIpc) is 2.48. The van der Waals surface area contributed by atoms with Gasteiger partial charge in [0.25, 0.3) is 0 Å². The Morgan fingerprint density at radius 3 is 2.50 bits per heavy atom. The second-order valence-corrected chi connectivity index (χ2v) is 6.16. The van der Waals surface area contributed by atoms with Gasteiger partial charge in [-0.3, -0.25) is 0 Å². The van der Waals surface area contributed by atoms with Crippen LogP contribution in [0.1, 0.15) is 23.7 Å². The number of halogens is 3. The fourth-order valence-electron chi connectivity index (χ4n) is 1.67. The smallest absolute Gasteiger partial charge is 0.343 e. The van der Waals surface area contributed by atoms with Crippen LogP contribution >= 0.6 is 39.1 Å². The Balaban J connectivity index is 2.14. The first kappa shape index (κ1) is 17.1. The largest absolute Gasteiger partial charge is 0.492 e. The van der Waals surface area contributed by atoms with Crippen molar-refractivity contribution in [3.8, 4) is 11.5 Å². The molecule has 0 aliphatic heterocycles. The Morgan fingerprint density at radius 2 is 1.86 bits per heavy atom. The van der Waals surface area contributed by atoms with Gasteiger partial charge in [0.15, 0.2) is 0 Å². The fourth-order valence-corrected chi connectivity index (χ4v) is 2.61. The maximum Gasteiger partial charge on any atom is 0.343 e. The van der Waals surface area contributed by atoms with Gasteiger partial charge in [-0.25, -0.2) is 4.79 Å². The minimum Gasteiger partial charge on any atom is -0.492 e. The summed E-state index contributed by atoms with van der Waals surface area (Å²) in [4.78, 5) is 12.2. The second kappa shape index (κ2) is 7.86. The molecule has 0 heterocycles. The highest BCUT2D eigenvalue weighted by Gasteiger charge is 2.13. The standard InChI is InChI=1S/C16H13BrCl2O3/c1-2-7-21-14-5-3-10(8-12(14)17)16(20)22-15-6-4-11(18)9-13(15)19/h3-6,8-9H,2,7H2,1H3. The van der Waals surface area contributed by atoms with E-state index in [1.165, 1.54) is 6.07 Å². The molecule has 2 aromatic rings. The molecule has 0 saturated heterocycles. The maximum atomic E-state index is 12.2. The molecule has 2 rings (SSSR count). The summed E-state index contributed by atoms with van der Waals surface area (Å²) in [6.45, 7) is 2.64. The lowest BCUT2D eigenvalue weighted by Gasteiger charge is -2.09. The molecule has 0 aromatic heterocycles. The molecule has 0 amide bonds. The van der Waals surface area contributed by atoms with Crippen LogP contribution in [0.4, 0.5) is 0 Å². The van der Waals surface area contributed by atoms with Crippen molar-refractivity contribution in [3.05, 3.63) is 56.5 Å². The Morgan fingerprint density at radius 1 is 1.14 bits per heavy atom. The van der Waals surface area contributed by atoms with Crippen LogP contribution in [0, 0.1) is 0 Å². The lowest BCUT2D eigenvalue weighted by molar-refractivity contribution is 0.0734. The van der Waals surface area contributed by atoms with E-state index in [1.54, 1.807) is 30.3 Å². The lowest BCUT2D eigenvalue weighted by atomic mass is 10.2. The molecule has 6 heteroatoms. The SMILES string of the molecule is CCCOc1ccc(C(=O)Oc2ccc(Cl)cc2Cl)cc1Br. The number of ether oxygens (including phenoxy) is 2. The third kappa shape index (κ3) is 4.38. The first-order valence-electron chi connectivity index (χ1n) is 6.61. The van der Waals surface area contributed by atoms with Gasteiger partial charge in [0.2, 0.25) is 0 Å². The van der Waals surface area contributed by atoms with Crippen LogP contribution in [0.3, 0.4) is 0 Å². The molecule has 3 nitrogen and oxygen atoms in total. The minimum absolute atomic E-state index is 0.262. The summed E-state index contributed by atoms with van der Waals surface area (Å²) in [6.07, 6.45) is 0.908. The van der Waals surface area contributed by atoms with Crippen LogP contribution in [0.15, 0.2) is 40.9 Å². The van der Waals surface area contributed by atoms with Crippen molar-refractivity contribution in [1.29, 1.82) is 0 Å². The molecular formula is C16H13BrCl2O3. The molecule has 0 bridgehead atoms. The van der Waals surface area contributed by atoms with E-state index in [0.29, 0.717) is 27.4 Å². The van der Waals surface area contributed by atoms with Crippen molar-refractivity contribution in [1.82, 2.24) is 0 Å². The minimum atomic E-state index is -0.507. The molecule has 0 spiro atoms. The molecule has 0 aliphatic rings. The van der Waals surface area contributed by atoms with Gasteiger partial charge in [0.1, 0.15) is 11.5 Å². The highest BCUT2D eigenvalue weighted by molar-refractivity contribution is 9.10. The summed E-state index contributed by atoms with van der Waals surface area (Å²) in [7, 11) is 0. The lowest BCUT2D eigenvalue weighted by Crippen LogP contribution is -2.09. The first-order valence-corrected chi connectivity index (χ1v) is 8.15. The summed E-state index contributed by atoms with van der Waals surface area (Å²) in [5, 5.41) is 0.757. The zero-order chi connectivity index (χ0) is 16.1. The maximum absolute atomic E-state index is 12.2. The Bertz CT molecular complexity index is 689. The van der Waals surface area contributed by atoms with Gasteiger partial charge in [-0.05, 0) is 58.7 Å². The molecule has 22 heavy (non-hydrogen) atoms. The predicted molar refractivity (Wildman–Crippen MR) is 91.3 cm³/mol. The van der Waals surface area contributed by atoms with Gasteiger partial charge in [-0.1, -0.05) is 30.1 Å². The zero-order valence-corrected chi connectivity index (χ0v) is 14.8. The summed E-state index contributed by atoms with van der Waals surface area (Å²) in [5.41, 5.74) is 0.391. The molecule has 0 unspecified atom stereocenters. The monoisotopic (exact) mass is 402 g/mol.